The Kier molecular flexibility index (Phi) is 4.95. The highest BCUT2D eigenvalue weighted by atomic mass is 28.1. The molecule has 0 aliphatic rings. The summed E-state index contributed by atoms with van der Waals surface area (Å²) in [4.78, 5) is 23.4. The maximum absolute atomic E-state index is 11.8. The molecule has 94 valence electrons. The smallest absolute Gasteiger partial charge is 0.161 e. The molecule has 2 nitrogen and oxygen atoms in total. The van der Waals surface area contributed by atoms with Crippen LogP contribution in [0.1, 0.15) is 34.6 Å². The largest absolute Gasteiger partial charge is 0.294 e. The number of carbonyl (C=O) groups excluding carboxylic acids is 2. The first-order chi connectivity index (χ1) is 8.61. The lowest BCUT2D eigenvalue weighted by Crippen LogP contribution is -2.06. The summed E-state index contributed by atoms with van der Waals surface area (Å²) in [5.74, 6) is -0.169. The Morgan fingerprint density at radius 3 is 1.95 bits per heavy atom. The molecule has 0 saturated heterocycles. The SMILES string of the molecule is CC(=O)c1cccc(-c2ccccc2)c1C(C)=O.[Si]. The van der Waals surface area contributed by atoms with Crippen LogP contribution in [0.25, 0.3) is 11.1 Å². The topological polar surface area (TPSA) is 34.1 Å². The molecule has 0 unspecified atom stereocenters. The second-order valence-corrected chi connectivity index (χ2v) is 4.21. The van der Waals surface area contributed by atoms with Crippen LogP contribution in [-0.2, 0) is 0 Å². The summed E-state index contributed by atoms with van der Waals surface area (Å²) >= 11 is 0. The van der Waals surface area contributed by atoms with E-state index in [1.807, 2.05) is 42.5 Å². The Labute approximate surface area is 117 Å². The lowest BCUT2D eigenvalue weighted by molar-refractivity contribution is 0.0981. The van der Waals surface area contributed by atoms with E-state index in [-0.39, 0.29) is 22.5 Å². The predicted octanol–water partition coefficient (Wildman–Crippen LogP) is 3.38. The van der Waals surface area contributed by atoms with Gasteiger partial charge in [0.05, 0.1) is 0 Å². The first-order valence-electron chi connectivity index (χ1n) is 5.81. The van der Waals surface area contributed by atoms with Crippen molar-refractivity contribution >= 4 is 22.5 Å². The van der Waals surface area contributed by atoms with E-state index in [0.29, 0.717) is 11.1 Å². The number of ketones is 2. The zero-order valence-corrected chi connectivity index (χ0v) is 11.9. The van der Waals surface area contributed by atoms with Crippen molar-refractivity contribution in [3.63, 3.8) is 0 Å². The molecule has 0 N–H and O–H groups in total. The van der Waals surface area contributed by atoms with Crippen LogP contribution in [-0.4, -0.2) is 22.5 Å². The van der Waals surface area contributed by atoms with E-state index in [1.54, 1.807) is 6.07 Å². The predicted molar refractivity (Wildman–Crippen MR) is 77.6 cm³/mol. The molecular weight excluding hydrogens is 252 g/mol. The second-order valence-electron chi connectivity index (χ2n) is 4.21. The first kappa shape index (κ1) is 15.1. The molecule has 0 saturated carbocycles. The molecule has 0 heterocycles. The minimum atomic E-state index is -0.0852. The summed E-state index contributed by atoms with van der Waals surface area (Å²) in [6.07, 6.45) is 0. The lowest BCUT2D eigenvalue weighted by atomic mass is 9.92. The molecule has 0 spiro atoms. The van der Waals surface area contributed by atoms with Gasteiger partial charge in [0.2, 0.25) is 0 Å². The number of hydrogen-bond acceptors (Lipinski definition) is 2. The Bertz CT molecular complexity index is 603. The monoisotopic (exact) mass is 266 g/mol. The normalized spacial score (nSPS) is 9.58. The van der Waals surface area contributed by atoms with E-state index in [1.165, 1.54) is 13.8 Å². The fourth-order valence-corrected chi connectivity index (χ4v) is 2.08. The Balaban J connectivity index is 0.00000180. The van der Waals surface area contributed by atoms with Crippen LogP contribution in [0.4, 0.5) is 0 Å². The van der Waals surface area contributed by atoms with Gasteiger partial charge in [0, 0.05) is 22.1 Å². The van der Waals surface area contributed by atoms with Crippen molar-refractivity contribution in [1.82, 2.24) is 0 Å². The quantitative estimate of drug-likeness (QED) is 0.630. The van der Waals surface area contributed by atoms with Crippen molar-refractivity contribution in [1.29, 1.82) is 0 Å². The Hall–Kier alpha value is -2.00. The Morgan fingerprint density at radius 1 is 0.789 bits per heavy atom. The maximum Gasteiger partial charge on any atom is 0.161 e. The van der Waals surface area contributed by atoms with E-state index in [0.717, 1.165) is 11.1 Å². The van der Waals surface area contributed by atoms with Gasteiger partial charge in [-0.1, -0.05) is 48.5 Å². The minimum Gasteiger partial charge on any atom is -0.294 e. The van der Waals surface area contributed by atoms with Crippen LogP contribution in [0.3, 0.4) is 0 Å². The third kappa shape index (κ3) is 3.06. The minimum absolute atomic E-state index is 0. The molecule has 0 aromatic heterocycles. The van der Waals surface area contributed by atoms with E-state index in [2.05, 4.69) is 0 Å². The summed E-state index contributed by atoms with van der Waals surface area (Å²) in [6.45, 7) is 2.98. The van der Waals surface area contributed by atoms with Crippen molar-refractivity contribution in [2.24, 2.45) is 0 Å². The molecule has 3 heteroatoms. The fourth-order valence-electron chi connectivity index (χ4n) is 2.08. The van der Waals surface area contributed by atoms with E-state index in [4.69, 9.17) is 0 Å². The molecule has 0 fully saturated rings. The number of hydrogen-bond donors (Lipinski definition) is 0. The summed E-state index contributed by atoms with van der Waals surface area (Å²) < 4.78 is 0. The molecular formula is C16H14O2Si. The number of benzene rings is 2. The van der Waals surface area contributed by atoms with Crippen molar-refractivity contribution in [3.05, 3.63) is 59.7 Å². The molecule has 0 aliphatic carbocycles. The van der Waals surface area contributed by atoms with Crippen LogP contribution in [0.2, 0.25) is 0 Å². The summed E-state index contributed by atoms with van der Waals surface area (Å²) in [5.41, 5.74) is 2.77. The summed E-state index contributed by atoms with van der Waals surface area (Å²) in [7, 11) is 0. The van der Waals surface area contributed by atoms with Crippen LogP contribution in [0, 0.1) is 0 Å². The molecule has 4 radical (unpaired) electrons. The van der Waals surface area contributed by atoms with Gasteiger partial charge in [-0.2, -0.15) is 0 Å². The molecule has 0 bridgehead atoms. The van der Waals surface area contributed by atoms with Gasteiger partial charge in [-0.05, 0) is 25.0 Å². The number of carbonyl (C=O) groups is 2. The first-order valence-corrected chi connectivity index (χ1v) is 5.81. The zero-order chi connectivity index (χ0) is 13.1. The molecule has 2 rings (SSSR count). The van der Waals surface area contributed by atoms with Gasteiger partial charge in [0.1, 0.15) is 0 Å². The zero-order valence-electron chi connectivity index (χ0n) is 10.9. The van der Waals surface area contributed by atoms with Crippen LogP contribution < -0.4 is 0 Å². The highest BCUT2D eigenvalue weighted by Crippen LogP contribution is 2.27. The molecule has 2 aromatic rings. The number of rotatable bonds is 3. The maximum atomic E-state index is 11.8. The van der Waals surface area contributed by atoms with Crippen LogP contribution in [0.15, 0.2) is 48.5 Å². The third-order valence-corrected chi connectivity index (χ3v) is 2.88. The van der Waals surface area contributed by atoms with E-state index in [9.17, 15) is 9.59 Å². The van der Waals surface area contributed by atoms with Gasteiger partial charge in [0.25, 0.3) is 0 Å². The standard InChI is InChI=1S/C16H14O2.Si/c1-11(17)14-9-6-10-15(16(14)12(2)18)13-7-4-3-5-8-13;/h3-10H,1-2H3;. The molecule has 19 heavy (non-hydrogen) atoms. The Morgan fingerprint density at radius 2 is 1.42 bits per heavy atom. The van der Waals surface area contributed by atoms with Gasteiger partial charge >= 0.3 is 0 Å². The van der Waals surface area contributed by atoms with Crippen LogP contribution >= 0.6 is 0 Å². The van der Waals surface area contributed by atoms with Crippen LogP contribution in [0.5, 0.6) is 0 Å². The molecule has 2 aromatic carbocycles. The van der Waals surface area contributed by atoms with Crippen molar-refractivity contribution in [2.75, 3.05) is 0 Å². The summed E-state index contributed by atoms with van der Waals surface area (Å²) in [5, 5.41) is 0. The third-order valence-electron chi connectivity index (χ3n) is 2.88. The summed E-state index contributed by atoms with van der Waals surface area (Å²) in [6, 6.07) is 15.0. The second kappa shape index (κ2) is 6.25. The molecule has 0 aliphatic heterocycles. The van der Waals surface area contributed by atoms with Gasteiger partial charge in [0.15, 0.2) is 11.6 Å². The van der Waals surface area contributed by atoms with Crippen molar-refractivity contribution in [3.8, 4) is 11.1 Å². The average molecular weight is 266 g/mol. The van der Waals surface area contributed by atoms with Gasteiger partial charge in [-0.15, -0.1) is 0 Å². The van der Waals surface area contributed by atoms with E-state index >= 15 is 0 Å². The number of Topliss-reactive ketones (excluding diaryl/α,β-unsaturated/α-hetero) is 2. The van der Waals surface area contributed by atoms with Crippen molar-refractivity contribution in [2.45, 2.75) is 13.8 Å². The van der Waals surface area contributed by atoms with Gasteiger partial charge < -0.3 is 0 Å². The van der Waals surface area contributed by atoms with Gasteiger partial charge in [-0.3, -0.25) is 9.59 Å². The lowest BCUT2D eigenvalue weighted by Gasteiger charge is -2.10. The average Bonchev–Trinajstić information content (AvgIpc) is 2.38. The molecule has 0 amide bonds. The molecule has 0 atom stereocenters. The van der Waals surface area contributed by atoms with E-state index < -0.39 is 0 Å². The highest BCUT2D eigenvalue weighted by Gasteiger charge is 2.16. The van der Waals surface area contributed by atoms with Crippen molar-refractivity contribution < 1.29 is 9.59 Å². The fraction of sp³-hybridized carbons (Fsp3) is 0.125. The van der Waals surface area contributed by atoms with Gasteiger partial charge in [-0.25, -0.2) is 0 Å². The highest BCUT2D eigenvalue weighted by molar-refractivity contribution is 6.11.